The van der Waals surface area contributed by atoms with Crippen molar-refractivity contribution in [2.45, 2.75) is 39.2 Å². The number of nitrogens with two attached hydrogens (primary N) is 1. The zero-order valence-corrected chi connectivity index (χ0v) is 12.5. The van der Waals surface area contributed by atoms with E-state index in [1.807, 2.05) is 6.07 Å². The highest BCUT2D eigenvalue weighted by atomic mass is 16.5. The average Bonchev–Trinajstić information content (AvgIpc) is 2.45. The van der Waals surface area contributed by atoms with Crippen molar-refractivity contribution in [2.24, 2.45) is 11.8 Å². The molecule has 0 saturated heterocycles. The van der Waals surface area contributed by atoms with Gasteiger partial charge in [0.1, 0.15) is 0 Å². The van der Waals surface area contributed by atoms with E-state index in [2.05, 4.69) is 19.2 Å². The SMILES string of the molecule is COC(=O)c1cc(NC2CCCC(C)C2C)ccc1N. The molecule has 3 N–H and O–H groups in total. The zero-order valence-electron chi connectivity index (χ0n) is 12.5. The van der Waals surface area contributed by atoms with E-state index in [9.17, 15) is 4.79 Å². The van der Waals surface area contributed by atoms with Crippen LogP contribution in [-0.4, -0.2) is 19.1 Å². The Morgan fingerprint density at radius 3 is 2.80 bits per heavy atom. The molecule has 1 aromatic rings. The molecule has 3 unspecified atom stereocenters. The minimum Gasteiger partial charge on any atom is -0.465 e. The highest BCUT2D eigenvalue weighted by molar-refractivity contribution is 5.96. The third-order valence-corrected chi connectivity index (χ3v) is 4.52. The standard InChI is InChI=1S/C16H24N2O2/c1-10-5-4-6-15(11(10)2)18-12-7-8-14(17)13(9-12)16(19)20-3/h7-11,15,18H,4-6,17H2,1-3H3. The van der Waals surface area contributed by atoms with Gasteiger partial charge in [0.25, 0.3) is 0 Å². The van der Waals surface area contributed by atoms with E-state index in [4.69, 9.17) is 10.5 Å². The Labute approximate surface area is 120 Å². The maximum Gasteiger partial charge on any atom is 0.340 e. The second kappa shape index (κ2) is 6.16. The number of carbonyl (C=O) groups excluding carboxylic acids is 1. The van der Waals surface area contributed by atoms with Crippen LogP contribution < -0.4 is 11.1 Å². The first-order valence-corrected chi connectivity index (χ1v) is 7.27. The van der Waals surface area contributed by atoms with Crippen LogP contribution in [0.25, 0.3) is 0 Å². The van der Waals surface area contributed by atoms with E-state index in [1.54, 1.807) is 12.1 Å². The van der Waals surface area contributed by atoms with Gasteiger partial charge >= 0.3 is 5.97 Å². The fraction of sp³-hybridized carbons (Fsp3) is 0.562. The van der Waals surface area contributed by atoms with Crippen molar-refractivity contribution in [3.63, 3.8) is 0 Å². The van der Waals surface area contributed by atoms with Crippen molar-refractivity contribution in [3.05, 3.63) is 23.8 Å². The zero-order chi connectivity index (χ0) is 14.7. The number of hydrogen-bond donors (Lipinski definition) is 2. The van der Waals surface area contributed by atoms with Crippen molar-refractivity contribution in [1.29, 1.82) is 0 Å². The number of hydrogen-bond acceptors (Lipinski definition) is 4. The van der Waals surface area contributed by atoms with Crippen molar-refractivity contribution in [3.8, 4) is 0 Å². The summed E-state index contributed by atoms with van der Waals surface area (Å²) in [6.07, 6.45) is 3.72. The summed E-state index contributed by atoms with van der Waals surface area (Å²) in [4.78, 5) is 11.7. The number of anilines is 2. The maximum absolute atomic E-state index is 11.7. The molecule has 1 saturated carbocycles. The third-order valence-electron chi connectivity index (χ3n) is 4.52. The Hall–Kier alpha value is -1.71. The number of nitrogen functional groups attached to an aromatic ring is 1. The summed E-state index contributed by atoms with van der Waals surface area (Å²) < 4.78 is 4.75. The molecule has 1 fully saturated rings. The van der Waals surface area contributed by atoms with Gasteiger partial charge in [0.2, 0.25) is 0 Å². The molecule has 4 nitrogen and oxygen atoms in total. The van der Waals surface area contributed by atoms with Crippen LogP contribution in [-0.2, 0) is 4.74 Å². The first kappa shape index (κ1) is 14.7. The van der Waals surface area contributed by atoms with E-state index in [1.165, 1.54) is 26.4 Å². The third kappa shape index (κ3) is 3.06. The number of ether oxygens (including phenoxy) is 1. The maximum atomic E-state index is 11.7. The van der Waals surface area contributed by atoms with Gasteiger partial charge in [-0.05, 0) is 36.5 Å². The summed E-state index contributed by atoms with van der Waals surface area (Å²) in [5.74, 6) is 0.967. The molecule has 0 heterocycles. The lowest BCUT2D eigenvalue weighted by molar-refractivity contribution is 0.0602. The van der Waals surface area contributed by atoms with Crippen molar-refractivity contribution >= 4 is 17.3 Å². The highest BCUT2D eigenvalue weighted by Crippen LogP contribution is 2.32. The van der Waals surface area contributed by atoms with Crippen LogP contribution in [0.4, 0.5) is 11.4 Å². The molecule has 0 aromatic heterocycles. The molecule has 0 radical (unpaired) electrons. The summed E-state index contributed by atoms with van der Waals surface area (Å²) in [7, 11) is 1.37. The van der Waals surface area contributed by atoms with E-state index >= 15 is 0 Å². The quantitative estimate of drug-likeness (QED) is 0.657. The molecule has 0 spiro atoms. The second-order valence-electron chi connectivity index (χ2n) is 5.81. The highest BCUT2D eigenvalue weighted by Gasteiger charge is 2.27. The van der Waals surface area contributed by atoms with Crippen LogP contribution in [0.2, 0.25) is 0 Å². The van der Waals surface area contributed by atoms with E-state index < -0.39 is 5.97 Å². The van der Waals surface area contributed by atoms with Gasteiger partial charge in [0.15, 0.2) is 0 Å². The normalized spacial score (nSPS) is 26.1. The van der Waals surface area contributed by atoms with Gasteiger partial charge in [-0.2, -0.15) is 0 Å². The van der Waals surface area contributed by atoms with Crippen LogP contribution in [0.15, 0.2) is 18.2 Å². The van der Waals surface area contributed by atoms with Crippen LogP contribution in [0.5, 0.6) is 0 Å². The van der Waals surface area contributed by atoms with Crippen LogP contribution >= 0.6 is 0 Å². The fourth-order valence-corrected chi connectivity index (χ4v) is 2.93. The fourth-order valence-electron chi connectivity index (χ4n) is 2.93. The predicted molar refractivity (Wildman–Crippen MR) is 81.8 cm³/mol. The molecule has 1 aromatic carbocycles. The lowest BCUT2D eigenvalue weighted by atomic mass is 9.78. The first-order valence-electron chi connectivity index (χ1n) is 7.27. The molecule has 4 heteroatoms. The first-order chi connectivity index (χ1) is 9.52. The van der Waals surface area contributed by atoms with Gasteiger partial charge < -0.3 is 15.8 Å². The molecule has 20 heavy (non-hydrogen) atoms. The van der Waals surface area contributed by atoms with Gasteiger partial charge in [-0.1, -0.05) is 26.7 Å². The molecular weight excluding hydrogens is 252 g/mol. The lowest BCUT2D eigenvalue weighted by Gasteiger charge is -2.35. The Bertz CT molecular complexity index is 487. The van der Waals surface area contributed by atoms with Crippen LogP contribution in [0.1, 0.15) is 43.5 Å². The number of carbonyl (C=O) groups is 1. The van der Waals surface area contributed by atoms with Gasteiger partial charge in [-0.3, -0.25) is 0 Å². The van der Waals surface area contributed by atoms with Crippen LogP contribution in [0.3, 0.4) is 0 Å². The molecule has 0 bridgehead atoms. The summed E-state index contributed by atoms with van der Waals surface area (Å²) in [5.41, 5.74) is 7.63. The Morgan fingerprint density at radius 2 is 2.10 bits per heavy atom. The molecule has 1 aliphatic carbocycles. The molecule has 1 aliphatic rings. The summed E-state index contributed by atoms with van der Waals surface area (Å²) in [6, 6.07) is 5.92. The molecule has 110 valence electrons. The van der Waals surface area contributed by atoms with Crippen molar-refractivity contribution in [2.75, 3.05) is 18.2 Å². The molecule has 0 amide bonds. The van der Waals surface area contributed by atoms with Gasteiger partial charge in [-0.25, -0.2) is 4.79 Å². The summed E-state index contributed by atoms with van der Waals surface area (Å²) in [5, 5.41) is 3.54. The Balaban J connectivity index is 2.15. The minimum atomic E-state index is -0.392. The molecule has 0 aliphatic heterocycles. The van der Waals surface area contributed by atoms with E-state index in [-0.39, 0.29) is 0 Å². The Kier molecular flexibility index (Phi) is 4.53. The minimum absolute atomic E-state index is 0.392. The second-order valence-corrected chi connectivity index (χ2v) is 5.81. The number of benzene rings is 1. The van der Waals surface area contributed by atoms with E-state index in [0.717, 1.165) is 11.6 Å². The monoisotopic (exact) mass is 276 g/mol. The molecule has 2 rings (SSSR count). The van der Waals surface area contributed by atoms with Gasteiger partial charge in [0, 0.05) is 17.4 Å². The van der Waals surface area contributed by atoms with Gasteiger partial charge in [-0.15, -0.1) is 0 Å². The Morgan fingerprint density at radius 1 is 1.35 bits per heavy atom. The summed E-state index contributed by atoms with van der Waals surface area (Å²) >= 11 is 0. The van der Waals surface area contributed by atoms with Crippen molar-refractivity contribution in [1.82, 2.24) is 0 Å². The molecular formula is C16H24N2O2. The predicted octanol–water partition coefficient (Wildman–Crippen LogP) is 3.29. The topological polar surface area (TPSA) is 64.3 Å². The van der Waals surface area contributed by atoms with Crippen LogP contribution in [0, 0.1) is 11.8 Å². The smallest absolute Gasteiger partial charge is 0.340 e. The summed E-state index contributed by atoms with van der Waals surface area (Å²) in [6.45, 7) is 4.60. The van der Waals surface area contributed by atoms with Gasteiger partial charge in [0.05, 0.1) is 12.7 Å². The number of rotatable bonds is 3. The van der Waals surface area contributed by atoms with E-state index in [0.29, 0.717) is 23.2 Å². The lowest BCUT2D eigenvalue weighted by Crippen LogP contribution is -2.35. The molecule has 3 atom stereocenters. The number of methoxy groups -OCH3 is 1. The largest absolute Gasteiger partial charge is 0.465 e. The van der Waals surface area contributed by atoms with Crippen molar-refractivity contribution < 1.29 is 9.53 Å². The number of nitrogens with one attached hydrogen (secondary N) is 1. The average molecular weight is 276 g/mol. The number of esters is 1.